The van der Waals surface area contributed by atoms with Crippen LogP contribution in [0.1, 0.15) is 31.8 Å². The van der Waals surface area contributed by atoms with E-state index in [1.807, 2.05) is 0 Å². The number of carbonyl (C=O) groups is 2. The molecule has 1 aliphatic carbocycles. The molecular formula is C20H22N2O8S2. The number of methoxy groups -OCH3 is 2. The van der Waals surface area contributed by atoms with Crippen LogP contribution in [0.5, 0.6) is 0 Å². The van der Waals surface area contributed by atoms with Crippen molar-refractivity contribution in [2.75, 3.05) is 40.5 Å². The molecule has 0 heterocycles. The molecule has 0 radical (unpaired) electrons. The Morgan fingerprint density at radius 1 is 0.656 bits per heavy atom. The second-order valence-corrected chi connectivity index (χ2v) is 10.4. The number of carbonyl (C=O) groups excluding carboxylic acids is 2. The van der Waals surface area contributed by atoms with Gasteiger partial charge in [0.1, 0.15) is 0 Å². The molecule has 0 saturated heterocycles. The normalized spacial score (nSPS) is 13.7. The summed E-state index contributed by atoms with van der Waals surface area (Å²) in [7, 11) is -4.96. The van der Waals surface area contributed by atoms with Gasteiger partial charge in [0.15, 0.2) is 11.6 Å². The topological polar surface area (TPSA) is 145 Å². The molecule has 10 nitrogen and oxygen atoms in total. The molecule has 32 heavy (non-hydrogen) atoms. The first-order valence-electron chi connectivity index (χ1n) is 9.47. The molecule has 2 N–H and O–H groups in total. The summed E-state index contributed by atoms with van der Waals surface area (Å²) in [6.07, 6.45) is 0. The van der Waals surface area contributed by atoms with Crippen LogP contribution in [0.15, 0.2) is 46.2 Å². The molecule has 0 aromatic heterocycles. The minimum Gasteiger partial charge on any atom is -0.383 e. The molecule has 0 saturated carbocycles. The van der Waals surface area contributed by atoms with Crippen LogP contribution in [0.25, 0.3) is 0 Å². The van der Waals surface area contributed by atoms with E-state index in [-0.39, 0.29) is 58.3 Å². The molecule has 0 aliphatic heterocycles. The highest BCUT2D eigenvalue weighted by atomic mass is 32.2. The van der Waals surface area contributed by atoms with E-state index in [0.717, 1.165) is 12.1 Å². The molecule has 3 rings (SSSR count). The highest BCUT2D eigenvalue weighted by Gasteiger charge is 2.32. The van der Waals surface area contributed by atoms with Gasteiger partial charge in [-0.1, -0.05) is 0 Å². The predicted octanol–water partition coefficient (Wildman–Crippen LogP) is 0.311. The minimum absolute atomic E-state index is 0.000214. The summed E-state index contributed by atoms with van der Waals surface area (Å²) in [6.45, 7) is 0.420. The van der Waals surface area contributed by atoms with Gasteiger partial charge in [-0.25, -0.2) is 26.3 Å². The van der Waals surface area contributed by atoms with Crippen LogP contribution in [0, 0.1) is 0 Å². The van der Waals surface area contributed by atoms with Crippen LogP contribution >= 0.6 is 0 Å². The highest BCUT2D eigenvalue weighted by Crippen LogP contribution is 2.30. The molecule has 12 heteroatoms. The van der Waals surface area contributed by atoms with Crippen LogP contribution in [0.2, 0.25) is 0 Å². The van der Waals surface area contributed by atoms with Gasteiger partial charge in [-0.15, -0.1) is 0 Å². The van der Waals surface area contributed by atoms with Crippen molar-refractivity contribution in [1.29, 1.82) is 0 Å². The van der Waals surface area contributed by atoms with Crippen LogP contribution in [0.3, 0.4) is 0 Å². The number of ether oxygens (including phenoxy) is 2. The maximum absolute atomic E-state index is 13.0. The summed E-state index contributed by atoms with van der Waals surface area (Å²) < 4.78 is 64.1. The molecule has 2 aromatic rings. The first kappa shape index (κ1) is 24.2. The van der Waals surface area contributed by atoms with Crippen molar-refractivity contribution >= 4 is 31.6 Å². The van der Waals surface area contributed by atoms with Gasteiger partial charge < -0.3 is 9.47 Å². The predicted molar refractivity (Wildman–Crippen MR) is 114 cm³/mol. The van der Waals surface area contributed by atoms with Gasteiger partial charge >= 0.3 is 0 Å². The molecule has 0 unspecified atom stereocenters. The van der Waals surface area contributed by atoms with Crippen LogP contribution in [-0.4, -0.2) is 68.9 Å². The third-order valence-corrected chi connectivity index (χ3v) is 7.70. The van der Waals surface area contributed by atoms with Crippen molar-refractivity contribution in [3.63, 3.8) is 0 Å². The van der Waals surface area contributed by atoms with E-state index in [9.17, 15) is 26.4 Å². The van der Waals surface area contributed by atoms with Gasteiger partial charge in [0.2, 0.25) is 20.0 Å². The molecule has 2 aromatic carbocycles. The number of ketones is 2. The molecule has 0 bridgehead atoms. The maximum atomic E-state index is 13.0. The standard InChI is InChI=1S/C20H22N2O8S2/c1-29-9-7-21-31(25,26)13-3-5-15-17(11-13)19(23)16-6-4-14(12-18(16)20(15)24)32(27,28)22-8-10-30-2/h3-6,11-12,21-22H,7-10H2,1-2H3. The van der Waals surface area contributed by atoms with Gasteiger partial charge in [0.25, 0.3) is 0 Å². The van der Waals surface area contributed by atoms with E-state index in [1.165, 1.54) is 38.5 Å². The molecule has 0 fully saturated rings. The monoisotopic (exact) mass is 482 g/mol. The fourth-order valence-corrected chi connectivity index (χ4v) is 5.24. The van der Waals surface area contributed by atoms with E-state index in [0.29, 0.717) is 0 Å². The lowest BCUT2D eigenvalue weighted by Crippen LogP contribution is -2.29. The average molecular weight is 483 g/mol. The Bertz CT molecular complexity index is 1170. The fraction of sp³-hybridized carbons (Fsp3) is 0.300. The lowest BCUT2D eigenvalue weighted by atomic mass is 9.84. The smallest absolute Gasteiger partial charge is 0.240 e. The Balaban J connectivity index is 1.96. The largest absolute Gasteiger partial charge is 0.383 e. The van der Waals surface area contributed by atoms with Crippen LogP contribution in [0.4, 0.5) is 0 Å². The summed E-state index contributed by atoms with van der Waals surface area (Å²) in [6, 6.07) is 7.23. The fourth-order valence-electron chi connectivity index (χ4n) is 3.17. The Hall–Kier alpha value is -2.48. The summed E-state index contributed by atoms with van der Waals surface area (Å²) in [5.41, 5.74) is -0.127. The van der Waals surface area contributed by atoms with E-state index in [4.69, 9.17) is 9.47 Å². The van der Waals surface area contributed by atoms with Crippen molar-refractivity contribution in [2.24, 2.45) is 0 Å². The van der Waals surface area contributed by atoms with Crippen LogP contribution < -0.4 is 9.44 Å². The average Bonchev–Trinajstić information content (AvgIpc) is 2.77. The third kappa shape index (κ3) is 4.80. The van der Waals surface area contributed by atoms with E-state index in [1.54, 1.807) is 0 Å². The lowest BCUT2D eigenvalue weighted by molar-refractivity contribution is 0.0978. The molecule has 1 aliphatic rings. The number of sulfonamides is 2. The second-order valence-electron chi connectivity index (χ2n) is 6.85. The molecular weight excluding hydrogens is 460 g/mol. The van der Waals surface area contributed by atoms with Crippen molar-refractivity contribution in [3.05, 3.63) is 58.7 Å². The lowest BCUT2D eigenvalue weighted by Gasteiger charge is -2.19. The number of hydrogen-bond acceptors (Lipinski definition) is 8. The summed E-state index contributed by atoms with van der Waals surface area (Å²) in [5.74, 6) is -1.14. The summed E-state index contributed by atoms with van der Waals surface area (Å²) >= 11 is 0. The number of benzene rings is 2. The van der Waals surface area contributed by atoms with Gasteiger partial charge in [0, 0.05) is 49.6 Å². The zero-order valence-electron chi connectivity index (χ0n) is 17.4. The Morgan fingerprint density at radius 3 is 1.38 bits per heavy atom. The number of nitrogens with one attached hydrogen (secondary N) is 2. The van der Waals surface area contributed by atoms with E-state index in [2.05, 4.69) is 9.44 Å². The molecule has 0 amide bonds. The van der Waals surface area contributed by atoms with E-state index >= 15 is 0 Å². The summed E-state index contributed by atoms with van der Waals surface area (Å²) in [5, 5.41) is 0. The third-order valence-electron chi connectivity index (χ3n) is 4.78. The number of hydrogen-bond donors (Lipinski definition) is 2. The summed E-state index contributed by atoms with van der Waals surface area (Å²) in [4.78, 5) is 25.7. The minimum atomic E-state index is -3.91. The van der Waals surface area contributed by atoms with Gasteiger partial charge in [-0.2, -0.15) is 0 Å². The molecule has 0 atom stereocenters. The van der Waals surface area contributed by atoms with Gasteiger partial charge in [-0.05, 0) is 36.4 Å². The Kier molecular flexibility index (Phi) is 7.22. The van der Waals surface area contributed by atoms with Crippen molar-refractivity contribution < 1.29 is 35.9 Å². The van der Waals surface area contributed by atoms with Crippen molar-refractivity contribution in [3.8, 4) is 0 Å². The second kappa shape index (κ2) is 9.57. The Morgan fingerprint density at radius 2 is 1.03 bits per heavy atom. The first-order valence-corrected chi connectivity index (χ1v) is 12.4. The molecule has 0 spiro atoms. The van der Waals surface area contributed by atoms with Gasteiger partial charge in [0.05, 0.1) is 23.0 Å². The van der Waals surface area contributed by atoms with Gasteiger partial charge in [-0.3, -0.25) is 9.59 Å². The Labute approximate surface area is 186 Å². The zero-order valence-corrected chi connectivity index (χ0v) is 19.0. The quantitative estimate of drug-likeness (QED) is 0.393. The van der Waals surface area contributed by atoms with Crippen LogP contribution in [-0.2, 0) is 29.5 Å². The van der Waals surface area contributed by atoms with Crippen molar-refractivity contribution in [1.82, 2.24) is 9.44 Å². The molecule has 172 valence electrons. The van der Waals surface area contributed by atoms with E-state index < -0.39 is 31.6 Å². The number of rotatable bonds is 10. The SMILES string of the molecule is COCCNS(=O)(=O)c1ccc2c(c1)C(=O)c1ccc(S(=O)(=O)NCCOC)cc1C2=O. The first-order chi connectivity index (χ1) is 15.1. The van der Waals surface area contributed by atoms with Crippen molar-refractivity contribution in [2.45, 2.75) is 9.79 Å². The zero-order chi connectivity index (χ0) is 23.5. The number of fused-ring (bicyclic) bond motifs is 2. The highest BCUT2D eigenvalue weighted by molar-refractivity contribution is 7.89. The maximum Gasteiger partial charge on any atom is 0.240 e.